The highest BCUT2D eigenvalue weighted by Crippen LogP contribution is 2.30. The minimum atomic E-state index is -0.278. The molecule has 3 rings (SSSR count). The number of aromatic nitrogens is 1. The number of hydrogen-bond acceptors (Lipinski definition) is 3. The first kappa shape index (κ1) is 11.8. The van der Waals surface area contributed by atoms with Gasteiger partial charge in [0.2, 0.25) is 5.56 Å². The topological polar surface area (TPSA) is 75.1 Å². The number of rotatable bonds is 2. The molecule has 0 spiro atoms. The molecule has 0 bridgehead atoms. The average Bonchev–Trinajstić information content (AvgIpc) is 2.88. The van der Waals surface area contributed by atoms with Gasteiger partial charge in [-0.1, -0.05) is 0 Å². The maximum absolute atomic E-state index is 12.1. The summed E-state index contributed by atoms with van der Waals surface area (Å²) in [7, 11) is 0. The third-order valence-electron chi connectivity index (χ3n) is 3.39. The lowest BCUT2D eigenvalue weighted by molar-refractivity contribution is 0.0932. The Kier molecular flexibility index (Phi) is 2.95. The molecule has 1 aliphatic rings. The number of nitrogens with one attached hydrogen (secondary N) is 2. The molecule has 1 amide bonds. The molecule has 2 N–H and O–H groups in total. The summed E-state index contributed by atoms with van der Waals surface area (Å²) in [6, 6.07) is 4.76. The molecular weight excluding hydrogens is 244 g/mol. The van der Waals surface area contributed by atoms with Crippen LogP contribution in [0.4, 0.5) is 0 Å². The molecule has 0 aromatic carbocycles. The Balaban J connectivity index is 1.80. The maximum atomic E-state index is 12.1. The molecule has 1 atom stereocenters. The standard InChI is InChI=1S/C14H14N2O3/c17-13-8-9(4-6-15-13)14(18)16-11-2-1-3-12-10(11)5-7-19-12/h4-8,11H,1-3H2,(H,15,17)(H,16,18). The predicted octanol–water partition coefficient (Wildman–Crippen LogP) is 1.78. The normalized spacial score (nSPS) is 17.8. The average molecular weight is 258 g/mol. The van der Waals surface area contributed by atoms with E-state index in [9.17, 15) is 9.59 Å². The second kappa shape index (κ2) is 4.76. The van der Waals surface area contributed by atoms with Crippen LogP contribution in [0.2, 0.25) is 0 Å². The SMILES string of the molecule is O=C(NC1CCCc2occc21)c1cc[nH]c(=O)c1. The van der Waals surface area contributed by atoms with Crippen LogP contribution in [0.25, 0.3) is 0 Å². The van der Waals surface area contributed by atoms with Crippen LogP contribution in [0, 0.1) is 0 Å². The summed E-state index contributed by atoms with van der Waals surface area (Å²) in [6.07, 6.45) is 5.92. The minimum absolute atomic E-state index is 0.0331. The van der Waals surface area contributed by atoms with Crippen LogP contribution in [0.1, 0.15) is 40.6 Å². The van der Waals surface area contributed by atoms with E-state index in [1.54, 1.807) is 12.3 Å². The predicted molar refractivity (Wildman–Crippen MR) is 68.9 cm³/mol. The van der Waals surface area contributed by atoms with Crippen molar-refractivity contribution in [1.29, 1.82) is 0 Å². The van der Waals surface area contributed by atoms with E-state index in [1.807, 2.05) is 6.07 Å². The van der Waals surface area contributed by atoms with E-state index >= 15 is 0 Å². The zero-order valence-corrected chi connectivity index (χ0v) is 10.3. The summed E-state index contributed by atoms with van der Waals surface area (Å²) < 4.78 is 5.39. The second-order valence-electron chi connectivity index (χ2n) is 4.66. The van der Waals surface area contributed by atoms with Crippen molar-refractivity contribution in [3.8, 4) is 0 Å². The van der Waals surface area contributed by atoms with Gasteiger partial charge in [0.1, 0.15) is 5.76 Å². The van der Waals surface area contributed by atoms with Crippen LogP contribution in [0.3, 0.4) is 0 Å². The summed E-state index contributed by atoms with van der Waals surface area (Å²) in [5, 5.41) is 2.95. The molecule has 98 valence electrons. The Bertz CT molecular complexity index is 656. The van der Waals surface area contributed by atoms with Gasteiger partial charge in [-0.25, -0.2) is 0 Å². The molecule has 1 unspecified atom stereocenters. The number of furan rings is 1. The molecule has 19 heavy (non-hydrogen) atoms. The van der Waals surface area contributed by atoms with Crippen molar-refractivity contribution in [2.45, 2.75) is 25.3 Å². The lowest BCUT2D eigenvalue weighted by Gasteiger charge is -2.22. The lowest BCUT2D eigenvalue weighted by atomic mass is 9.93. The van der Waals surface area contributed by atoms with Gasteiger partial charge in [0.05, 0.1) is 12.3 Å². The Morgan fingerprint density at radius 3 is 3.16 bits per heavy atom. The molecule has 1 aliphatic carbocycles. The monoisotopic (exact) mass is 258 g/mol. The molecule has 0 aliphatic heterocycles. The van der Waals surface area contributed by atoms with Crippen molar-refractivity contribution in [2.75, 3.05) is 0 Å². The number of amides is 1. The quantitative estimate of drug-likeness (QED) is 0.862. The van der Waals surface area contributed by atoms with Gasteiger partial charge in [0.25, 0.3) is 5.91 Å². The lowest BCUT2D eigenvalue weighted by Crippen LogP contribution is -2.31. The maximum Gasteiger partial charge on any atom is 0.252 e. The molecule has 2 heterocycles. The van der Waals surface area contributed by atoms with Crippen LogP contribution in [-0.2, 0) is 6.42 Å². The highest BCUT2D eigenvalue weighted by molar-refractivity contribution is 5.94. The van der Waals surface area contributed by atoms with Crippen LogP contribution in [0.5, 0.6) is 0 Å². The zero-order valence-electron chi connectivity index (χ0n) is 10.3. The van der Waals surface area contributed by atoms with E-state index in [-0.39, 0.29) is 17.5 Å². The third-order valence-corrected chi connectivity index (χ3v) is 3.39. The highest BCUT2D eigenvalue weighted by atomic mass is 16.3. The van der Waals surface area contributed by atoms with Crippen molar-refractivity contribution < 1.29 is 9.21 Å². The largest absolute Gasteiger partial charge is 0.469 e. The Morgan fingerprint density at radius 2 is 2.32 bits per heavy atom. The first-order valence-corrected chi connectivity index (χ1v) is 6.30. The summed E-state index contributed by atoms with van der Waals surface area (Å²) in [4.78, 5) is 25.8. The molecule has 0 saturated carbocycles. The zero-order chi connectivity index (χ0) is 13.2. The smallest absolute Gasteiger partial charge is 0.252 e. The number of fused-ring (bicyclic) bond motifs is 1. The van der Waals surface area contributed by atoms with E-state index in [0.717, 1.165) is 30.6 Å². The molecule has 5 nitrogen and oxygen atoms in total. The number of H-pyrrole nitrogens is 1. The summed E-state index contributed by atoms with van der Waals surface area (Å²) in [6.45, 7) is 0. The molecule has 0 radical (unpaired) electrons. The molecule has 5 heteroatoms. The summed E-state index contributed by atoms with van der Waals surface area (Å²) in [5.41, 5.74) is 1.14. The fourth-order valence-electron chi connectivity index (χ4n) is 2.46. The van der Waals surface area contributed by atoms with Crippen molar-refractivity contribution in [1.82, 2.24) is 10.3 Å². The van der Waals surface area contributed by atoms with Crippen molar-refractivity contribution in [2.24, 2.45) is 0 Å². The summed E-state index contributed by atoms with van der Waals surface area (Å²) in [5.74, 6) is 0.715. The van der Waals surface area contributed by atoms with E-state index < -0.39 is 0 Å². The first-order valence-electron chi connectivity index (χ1n) is 6.30. The van der Waals surface area contributed by atoms with E-state index in [2.05, 4.69) is 10.3 Å². The van der Waals surface area contributed by atoms with Crippen LogP contribution < -0.4 is 10.9 Å². The minimum Gasteiger partial charge on any atom is -0.469 e. The number of carbonyl (C=O) groups excluding carboxylic acids is 1. The molecule has 2 aromatic rings. The fraction of sp³-hybridized carbons (Fsp3) is 0.286. The van der Waals surface area contributed by atoms with Crippen molar-refractivity contribution in [3.05, 3.63) is 57.9 Å². The second-order valence-corrected chi connectivity index (χ2v) is 4.66. The Hall–Kier alpha value is -2.30. The summed E-state index contributed by atoms with van der Waals surface area (Å²) >= 11 is 0. The third kappa shape index (κ3) is 2.31. The first-order chi connectivity index (χ1) is 9.24. The Morgan fingerprint density at radius 1 is 1.42 bits per heavy atom. The van der Waals surface area contributed by atoms with Crippen LogP contribution >= 0.6 is 0 Å². The van der Waals surface area contributed by atoms with Crippen molar-refractivity contribution in [3.63, 3.8) is 0 Å². The number of aryl methyl sites for hydroxylation is 1. The van der Waals surface area contributed by atoms with E-state index in [0.29, 0.717) is 5.56 Å². The van der Waals surface area contributed by atoms with Gasteiger partial charge in [0.15, 0.2) is 0 Å². The fourth-order valence-corrected chi connectivity index (χ4v) is 2.46. The Labute approximate surface area is 109 Å². The number of carbonyl (C=O) groups is 1. The van der Waals surface area contributed by atoms with Gasteiger partial charge in [-0.05, 0) is 25.0 Å². The van der Waals surface area contributed by atoms with Gasteiger partial charge in [-0.15, -0.1) is 0 Å². The number of aromatic amines is 1. The van der Waals surface area contributed by atoms with E-state index in [1.165, 1.54) is 12.3 Å². The van der Waals surface area contributed by atoms with Crippen molar-refractivity contribution >= 4 is 5.91 Å². The molecule has 0 saturated heterocycles. The van der Waals surface area contributed by atoms with Crippen LogP contribution in [-0.4, -0.2) is 10.9 Å². The molecular formula is C14H14N2O3. The number of pyridine rings is 1. The number of hydrogen-bond donors (Lipinski definition) is 2. The highest BCUT2D eigenvalue weighted by Gasteiger charge is 2.24. The van der Waals surface area contributed by atoms with Gasteiger partial charge in [0, 0.05) is 29.8 Å². The molecule has 0 fully saturated rings. The van der Waals surface area contributed by atoms with Crippen LogP contribution in [0.15, 0.2) is 39.9 Å². The van der Waals surface area contributed by atoms with Gasteiger partial charge < -0.3 is 14.7 Å². The van der Waals surface area contributed by atoms with Gasteiger partial charge in [-0.2, -0.15) is 0 Å². The molecule has 2 aromatic heterocycles. The van der Waals surface area contributed by atoms with Gasteiger partial charge >= 0.3 is 0 Å². The van der Waals surface area contributed by atoms with E-state index in [4.69, 9.17) is 4.42 Å². The van der Waals surface area contributed by atoms with Gasteiger partial charge in [-0.3, -0.25) is 9.59 Å².